The third-order valence-corrected chi connectivity index (χ3v) is 4.06. The Morgan fingerprint density at radius 2 is 1.74 bits per heavy atom. The van der Waals surface area contributed by atoms with Gasteiger partial charge in [-0.1, -0.05) is 17.7 Å². The van der Waals surface area contributed by atoms with Crippen LogP contribution in [-0.4, -0.2) is 31.7 Å². The first kappa shape index (κ1) is 20.6. The lowest BCUT2D eigenvalue weighted by Gasteiger charge is -2.12. The zero-order valence-corrected chi connectivity index (χ0v) is 16.3. The van der Waals surface area contributed by atoms with Crippen molar-refractivity contribution >= 4 is 29.2 Å². The second-order valence-electron chi connectivity index (χ2n) is 5.56. The lowest BCUT2D eigenvalue weighted by Crippen LogP contribution is -2.21. The number of halogens is 1. The van der Waals surface area contributed by atoms with E-state index in [0.29, 0.717) is 35.4 Å². The zero-order valence-electron chi connectivity index (χ0n) is 15.5. The number of rotatable bonds is 8. The SMILES string of the molecule is CCOc1ccc(C(=O)OCC(=O)Nc2cccc(Cl)c2C)cc1OCC. The predicted octanol–water partition coefficient (Wildman–Crippen LogP) is 4.24. The third kappa shape index (κ3) is 5.62. The molecule has 0 heterocycles. The molecule has 1 amide bonds. The summed E-state index contributed by atoms with van der Waals surface area (Å²) < 4.78 is 16.0. The van der Waals surface area contributed by atoms with Crippen LogP contribution in [-0.2, 0) is 9.53 Å². The highest BCUT2D eigenvalue weighted by Crippen LogP contribution is 2.29. The molecule has 0 saturated carbocycles. The summed E-state index contributed by atoms with van der Waals surface area (Å²) in [6.07, 6.45) is 0. The van der Waals surface area contributed by atoms with Gasteiger partial charge in [0.1, 0.15) is 0 Å². The number of benzene rings is 2. The maximum atomic E-state index is 12.2. The van der Waals surface area contributed by atoms with Crippen molar-refractivity contribution in [3.63, 3.8) is 0 Å². The summed E-state index contributed by atoms with van der Waals surface area (Å²) in [6.45, 7) is 5.98. The van der Waals surface area contributed by atoms with Crippen molar-refractivity contribution in [2.45, 2.75) is 20.8 Å². The van der Waals surface area contributed by atoms with Crippen molar-refractivity contribution < 1.29 is 23.8 Å². The van der Waals surface area contributed by atoms with Gasteiger partial charge in [-0.25, -0.2) is 4.79 Å². The molecule has 0 aliphatic heterocycles. The first-order valence-corrected chi connectivity index (χ1v) is 8.95. The number of esters is 1. The van der Waals surface area contributed by atoms with E-state index in [2.05, 4.69) is 5.32 Å². The molecule has 0 aromatic heterocycles. The van der Waals surface area contributed by atoms with Crippen molar-refractivity contribution in [1.29, 1.82) is 0 Å². The second-order valence-corrected chi connectivity index (χ2v) is 5.97. The molecule has 0 unspecified atom stereocenters. The largest absolute Gasteiger partial charge is 0.490 e. The van der Waals surface area contributed by atoms with E-state index >= 15 is 0 Å². The molecule has 6 nitrogen and oxygen atoms in total. The summed E-state index contributed by atoms with van der Waals surface area (Å²) in [4.78, 5) is 24.3. The Labute approximate surface area is 163 Å². The van der Waals surface area contributed by atoms with Crippen LogP contribution < -0.4 is 14.8 Å². The number of ether oxygens (including phenoxy) is 3. The molecule has 0 saturated heterocycles. The standard InChI is InChI=1S/C20H22ClNO5/c1-4-25-17-10-9-14(11-18(17)26-5-2)20(24)27-12-19(23)22-16-8-6-7-15(21)13(16)3/h6-11H,4-5,12H2,1-3H3,(H,22,23). The van der Waals surface area contributed by atoms with E-state index in [9.17, 15) is 9.59 Å². The van der Waals surface area contributed by atoms with Crippen LogP contribution in [0.1, 0.15) is 29.8 Å². The zero-order chi connectivity index (χ0) is 19.8. The smallest absolute Gasteiger partial charge is 0.338 e. The van der Waals surface area contributed by atoms with Gasteiger partial charge < -0.3 is 19.5 Å². The number of nitrogens with one attached hydrogen (secondary N) is 1. The Morgan fingerprint density at radius 1 is 1.04 bits per heavy atom. The molecule has 1 N–H and O–H groups in total. The van der Waals surface area contributed by atoms with E-state index in [1.165, 1.54) is 6.07 Å². The van der Waals surface area contributed by atoms with Crippen LogP contribution >= 0.6 is 11.6 Å². The normalized spacial score (nSPS) is 10.2. The Hall–Kier alpha value is -2.73. The van der Waals surface area contributed by atoms with Crippen LogP contribution in [0.2, 0.25) is 5.02 Å². The molecule has 27 heavy (non-hydrogen) atoms. The van der Waals surface area contributed by atoms with Crippen LogP contribution in [0.3, 0.4) is 0 Å². The maximum Gasteiger partial charge on any atom is 0.338 e. The number of hydrogen-bond acceptors (Lipinski definition) is 5. The van der Waals surface area contributed by atoms with Crippen molar-refractivity contribution in [3.8, 4) is 11.5 Å². The van der Waals surface area contributed by atoms with E-state index in [-0.39, 0.29) is 5.56 Å². The summed E-state index contributed by atoms with van der Waals surface area (Å²) in [5, 5.41) is 3.21. The topological polar surface area (TPSA) is 73.9 Å². The van der Waals surface area contributed by atoms with Crippen LogP contribution in [0, 0.1) is 6.92 Å². The minimum Gasteiger partial charge on any atom is -0.490 e. The second kappa shape index (κ2) is 9.83. The third-order valence-electron chi connectivity index (χ3n) is 3.66. The van der Waals surface area contributed by atoms with Crippen LogP contribution in [0.15, 0.2) is 36.4 Å². The molecule has 0 bridgehead atoms. The van der Waals surface area contributed by atoms with Crippen molar-refractivity contribution in [2.24, 2.45) is 0 Å². The number of carbonyl (C=O) groups excluding carboxylic acids is 2. The number of amides is 1. The summed E-state index contributed by atoms with van der Waals surface area (Å²) in [7, 11) is 0. The van der Waals surface area contributed by atoms with Gasteiger partial charge in [-0.3, -0.25) is 4.79 Å². The van der Waals surface area contributed by atoms with E-state index in [0.717, 1.165) is 5.56 Å². The average Bonchev–Trinajstić information content (AvgIpc) is 2.65. The molecule has 0 fully saturated rings. The fraction of sp³-hybridized carbons (Fsp3) is 0.300. The number of carbonyl (C=O) groups is 2. The van der Waals surface area contributed by atoms with Crippen LogP contribution in [0.4, 0.5) is 5.69 Å². The van der Waals surface area contributed by atoms with Crippen molar-refractivity contribution in [2.75, 3.05) is 25.1 Å². The summed E-state index contributed by atoms with van der Waals surface area (Å²) >= 11 is 6.02. The minimum absolute atomic E-state index is 0.272. The lowest BCUT2D eigenvalue weighted by atomic mass is 10.2. The number of anilines is 1. The Morgan fingerprint density at radius 3 is 2.44 bits per heavy atom. The molecular formula is C20H22ClNO5. The first-order valence-electron chi connectivity index (χ1n) is 8.58. The van der Waals surface area contributed by atoms with Crippen molar-refractivity contribution in [1.82, 2.24) is 0 Å². The Bertz CT molecular complexity index is 822. The van der Waals surface area contributed by atoms with Crippen LogP contribution in [0.5, 0.6) is 11.5 Å². The number of hydrogen-bond donors (Lipinski definition) is 1. The Kier molecular flexibility index (Phi) is 7.49. The van der Waals surface area contributed by atoms with Gasteiger partial charge in [0.15, 0.2) is 18.1 Å². The fourth-order valence-corrected chi connectivity index (χ4v) is 2.50. The van der Waals surface area contributed by atoms with E-state index < -0.39 is 18.5 Å². The summed E-state index contributed by atoms with van der Waals surface area (Å²) in [5.74, 6) is -0.0838. The summed E-state index contributed by atoms with van der Waals surface area (Å²) in [5.41, 5.74) is 1.59. The molecule has 2 aromatic carbocycles. The van der Waals surface area contributed by atoms with Gasteiger partial charge in [-0.2, -0.15) is 0 Å². The highest BCUT2D eigenvalue weighted by Gasteiger charge is 2.15. The highest BCUT2D eigenvalue weighted by molar-refractivity contribution is 6.31. The molecule has 0 aliphatic carbocycles. The van der Waals surface area contributed by atoms with E-state index in [4.69, 9.17) is 25.8 Å². The molecule has 2 aromatic rings. The quantitative estimate of drug-likeness (QED) is 0.681. The van der Waals surface area contributed by atoms with Gasteiger partial charge in [0, 0.05) is 10.7 Å². The molecule has 0 radical (unpaired) electrons. The molecule has 7 heteroatoms. The molecule has 0 spiro atoms. The van der Waals surface area contributed by atoms with Gasteiger partial charge in [0.2, 0.25) is 0 Å². The molecular weight excluding hydrogens is 370 g/mol. The molecule has 2 rings (SSSR count). The van der Waals surface area contributed by atoms with Gasteiger partial charge in [-0.15, -0.1) is 0 Å². The predicted molar refractivity (Wildman–Crippen MR) is 104 cm³/mol. The maximum absolute atomic E-state index is 12.2. The van der Waals surface area contributed by atoms with E-state index in [1.54, 1.807) is 37.3 Å². The highest BCUT2D eigenvalue weighted by atomic mass is 35.5. The van der Waals surface area contributed by atoms with E-state index in [1.807, 2.05) is 13.8 Å². The first-order chi connectivity index (χ1) is 13.0. The van der Waals surface area contributed by atoms with Crippen molar-refractivity contribution in [3.05, 3.63) is 52.5 Å². The Balaban J connectivity index is 1.99. The lowest BCUT2D eigenvalue weighted by molar-refractivity contribution is -0.119. The van der Waals surface area contributed by atoms with Crippen LogP contribution in [0.25, 0.3) is 0 Å². The molecule has 0 aliphatic rings. The summed E-state index contributed by atoms with van der Waals surface area (Å²) in [6, 6.07) is 9.92. The minimum atomic E-state index is -0.628. The van der Waals surface area contributed by atoms with Gasteiger partial charge in [0.25, 0.3) is 5.91 Å². The van der Waals surface area contributed by atoms with Gasteiger partial charge >= 0.3 is 5.97 Å². The molecule has 0 atom stereocenters. The van der Waals surface area contributed by atoms with Gasteiger partial charge in [0.05, 0.1) is 18.8 Å². The monoisotopic (exact) mass is 391 g/mol. The van der Waals surface area contributed by atoms with Gasteiger partial charge in [-0.05, 0) is 56.7 Å². The molecule has 144 valence electrons. The fourth-order valence-electron chi connectivity index (χ4n) is 2.32. The average molecular weight is 392 g/mol.